The molecule has 5 nitrogen and oxygen atoms in total. The first-order chi connectivity index (χ1) is 11.0. The summed E-state index contributed by atoms with van der Waals surface area (Å²) in [6, 6.07) is 8.63. The third-order valence-corrected chi connectivity index (χ3v) is 3.61. The fourth-order valence-electron chi connectivity index (χ4n) is 1.72. The van der Waals surface area contributed by atoms with Gasteiger partial charge in [0.25, 0.3) is 0 Å². The maximum absolute atomic E-state index is 9.83. The van der Waals surface area contributed by atoms with E-state index >= 15 is 0 Å². The Balaban J connectivity index is 1.67. The second-order valence-corrected chi connectivity index (χ2v) is 5.96. The van der Waals surface area contributed by atoms with E-state index in [2.05, 4.69) is 10.6 Å². The molecule has 0 fully saturated rings. The molecule has 0 radical (unpaired) electrons. The van der Waals surface area contributed by atoms with Crippen LogP contribution >= 0.6 is 35.4 Å². The van der Waals surface area contributed by atoms with Crippen LogP contribution in [-0.4, -0.2) is 29.5 Å². The van der Waals surface area contributed by atoms with Crippen molar-refractivity contribution in [3.05, 3.63) is 52.4 Å². The molecule has 1 aromatic carbocycles. The van der Waals surface area contributed by atoms with Crippen molar-refractivity contribution in [1.82, 2.24) is 5.32 Å². The molecule has 0 aliphatic carbocycles. The highest BCUT2D eigenvalue weighted by Gasteiger charge is 2.08. The van der Waals surface area contributed by atoms with Gasteiger partial charge in [0, 0.05) is 11.6 Å². The van der Waals surface area contributed by atoms with Gasteiger partial charge in [0.1, 0.15) is 12.4 Å². The van der Waals surface area contributed by atoms with Crippen molar-refractivity contribution in [1.29, 1.82) is 0 Å². The highest BCUT2D eigenvalue weighted by atomic mass is 35.5. The average molecular weight is 375 g/mol. The molecule has 0 aliphatic rings. The van der Waals surface area contributed by atoms with E-state index in [4.69, 9.17) is 44.6 Å². The Bertz CT molecular complexity index is 638. The Morgan fingerprint density at radius 2 is 2.17 bits per heavy atom. The van der Waals surface area contributed by atoms with Gasteiger partial charge in [-0.15, -0.1) is 0 Å². The zero-order valence-corrected chi connectivity index (χ0v) is 14.4. The average Bonchev–Trinajstić information content (AvgIpc) is 3.01. The van der Waals surface area contributed by atoms with Crippen LogP contribution in [0.1, 0.15) is 5.76 Å². The summed E-state index contributed by atoms with van der Waals surface area (Å²) in [6.45, 7) is 0.723. The van der Waals surface area contributed by atoms with Gasteiger partial charge in [-0.1, -0.05) is 23.2 Å². The predicted octanol–water partition coefficient (Wildman–Crippen LogP) is 3.45. The zero-order valence-electron chi connectivity index (χ0n) is 12.1. The summed E-state index contributed by atoms with van der Waals surface area (Å²) in [5.41, 5.74) is 0.636. The van der Waals surface area contributed by atoms with Crippen molar-refractivity contribution < 1.29 is 14.3 Å². The number of ether oxygens (including phenoxy) is 1. The number of halogens is 2. The first kappa shape index (κ1) is 18.0. The lowest BCUT2D eigenvalue weighted by Crippen LogP contribution is -2.37. The van der Waals surface area contributed by atoms with E-state index in [0.717, 1.165) is 0 Å². The molecule has 0 saturated heterocycles. The number of anilines is 1. The number of aliphatic hydroxyl groups is 1. The third-order valence-electron chi connectivity index (χ3n) is 2.81. The summed E-state index contributed by atoms with van der Waals surface area (Å²) in [4.78, 5) is 0. The quantitative estimate of drug-likeness (QED) is 0.645. The van der Waals surface area contributed by atoms with E-state index in [1.165, 1.54) is 0 Å². The highest BCUT2D eigenvalue weighted by molar-refractivity contribution is 7.80. The van der Waals surface area contributed by atoms with Gasteiger partial charge >= 0.3 is 0 Å². The summed E-state index contributed by atoms with van der Waals surface area (Å²) in [7, 11) is 0. The largest absolute Gasteiger partial charge is 0.467 e. The van der Waals surface area contributed by atoms with E-state index in [9.17, 15) is 5.11 Å². The van der Waals surface area contributed by atoms with Gasteiger partial charge in [-0.25, -0.2) is 0 Å². The van der Waals surface area contributed by atoms with Crippen molar-refractivity contribution >= 4 is 46.2 Å². The Morgan fingerprint density at radius 1 is 1.35 bits per heavy atom. The van der Waals surface area contributed by atoms with Crippen LogP contribution in [0.3, 0.4) is 0 Å². The van der Waals surface area contributed by atoms with E-state index in [0.29, 0.717) is 33.2 Å². The molecule has 1 aromatic heterocycles. The monoisotopic (exact) mass is 374 g/mol. The lowest BCUT2D eigenvalue weighted by Gasteiger charge is -2.15. The molecule has 2 aromatic rings. The number of benzene rings is 1. The Hall–Kier alpha value is -1.31. The minimum atomic E-state index is -0.703. The van der Waals surface area contributed by atoms with Gasteiger partial charge in [-0.2, -0.15) is 0 Å². The van der Waals surface area contributed by atoms with Gasteiger partial charge in [0.15, 0.2) is 5.11 Å². The zero-order chi connectivity index (χ0) is 16.7. The molecule has 0 saturated carbocycles. The molecule has 0 amide bonds. The smallest absolute Gasteiger partial charge is 0.170 e. The van der Waals surface area contributed by atoms with Crippen molar-refractivity contribution in [3.8, 4) is 0 Å². The number of furan rings is 1. The normalized spacial score (nSPS) is 12.0. The van der Waals surface area contributed by atoms with Crippen LogP contribution in [0, 0.1) is 0 Å². The fraction of sp³-hybridized carbons (Fsp3) is 0.267. The topological polar surface area (TPSA) is 66.7 Å². The van der Waals surface area contributed by atoms with Crippen molar-refractivity contribution in [2.45, 2.75) is 12.7 Å². The molecule has 2 rings (SSSR count). The maximum atomic E-state index is 9.83. The van der Waals surface area contributed by atoms with Crippen LogP contribution in [-0.2, 0) is 11.3 Å². The summed E-state index contributed by atoms with van der Waals surface area (Å²) < 4.78 is 10.5. The number of aliphatic hydroxyl groups excluding tert-OH is 1. The van der Waals surface area contributed by atoms with Crippen LogP contribution in [0.15, 0.2) is 41.0 Å². The van der Waals surface area contributed by atoms with Crippen LogP contribution < -0.4 is 10.6 Å². The highest BCUT2D eigenvalue weighted by Crippen LogP contribution is 2.25. The third kappa shape index (κ3) is 6.37. The molecule has 0 spiro atoms. The van der Waals surface area contributed by atoms with E-state index in [1.54, 1.807) is 36.6 Å². The molecule has 0 bridgehead atoms. The fourth-order valence-corrected chi connectivity index (χ4v) is 2.37. The molecule has 23 heavy (non-hydrogen) atoms. The predicted molar refractivity (Wildman–Crippen MR) is 95.1 cm³/mol. The first-order valence-corrected chi connectivity index (χ1v) is 7.99. The number of thiocarbonyl (C=S) groups is 1. The van der Waals surface area contributed by atoms with Gasteiger partial charge < -0.3 is 24.9 Å². The van der Waals surface area contributed by atoms with E-state index in [1.807, 2.05) is 0 Å². The molecule has 8 heteroatoms. The number of hydrogen-bond donors (Lipinski definition) is 3. The molecular formula is C15H16Cl2N2O3S. The van der Waals surface area contributed by atoms with E-state index < -0.39 is 6.10 Å². The summed E-state index contributed by atoms with van der Waals surface area (Å²) in [5, 5.41) is 17.0. The van der Waals surface area contributed by atoms with Crippen molar-refractivity contribution in [3.63, 3.8) is 0 Å². The van der Waals surface area contributed by atoms with Crippen LogP contribution in [0.5, 0.6) is 0 Å². The minimum absolute atomic E-state index is 0.165. The molecule has 1 atom stereocenters. The van der Waals surface area contributed by atoms with Crippen LogP contribution in [0.2, 0.25) is 10.0 Å². The lowest BCUT2D eigenvalue weighted by atomic mass is 10.3. The summed E-state index contributed by atoms with van der Waals surface area (Å²) in [6.07, 6.45) is 0.869. The Kier molecular flexibility index (Phi) is 7.14. The van der Waals surface area contributed by atoms with Gasteiger partial charge in [0.05, 0.1) is 29.7 Å². The molecular weight excluding hydrogens is 359 g/mol. The van der Waals surface area contributed by atoms with Crippen LogP contribution in [0.4, 0.5) is 5.69 Å². The molecule has 124 valence electrons. The molecule has 3 N–H and O–H groups in total. The van der Waals surface area contributed by atoms with Gasteiger partial charge in [-0.05, 0) is 42.5 Å². The molecule has 1 heterocycles. The summed E-state index contributed by atoms with van der Waals surface area (Å²) in [5.74, 6) is 0.708. The maximum Gasteiger partial charge on any atom is 0.170 e. The van der Waals surface area contributed by atoms with Crippen molar-refractivity contribution in [2.75, 3.05) is 18.5 Å². The summed E-state index contributed by atoms with van der Waals surface area (Å²) >= 11 is 17.0. The van der Waals surface area contributed by atoms with Gasteiger partial charge in [0.2, 0.25) is 0 Å². The minimum Gasteiger partial charge on any atom is -0.467 e. The SMILES string of the molecule is O[C@H](CNC(=S)Nc1ccc(Cl)cc1Cl)COCc1ccco1. The number of hydrogen-bond acceptors (Lipinski definition) is 4. The standard InChI is InChI=1S/C15H16Cl2N2O3S/c16-10-3-4-14(13(17)6-10)19-15(23)18-7-11(20)8-21-9-12-2-1-5-22-12/h1-6,11,20H,7-9H2,(H2,18,19,23)/t11-/m1/s1. The second kappa shape index (κ2) is 9.10. The van der Waals surface area contributed by atoms with E-state index in [-0.39, 0.29) is 13.2 Å². The molecule has 0 unspecified atom stereocenters. The lowest BCUT2D eigenvalue weighted by molar-refractivity contribution is 0.0246. The Labute approximate surface area is 149 Å². The second-order valence-electron chi connectivity index (χ2n) is 4.71. The number of rotatable bonds is 7. The van der Waals surface area contributed by atoms with Crippen molar-refractivity contribution in [2.24, 2.45) is 0 Å². The first-order valence-electron chi connectivity index (χ1n) is 6.82. The number of nitrogens with one attached hydrogen (secondary N) is 2. The Morgan fingerprint density at radius 3 is 2.87 bits per heavy atom. The van der Waals surface area contributed by atoms with Crippen LogP contribution in [0.25, 0.3) is 0 Å². The van der Waals surface area contributed by atoms with Gasteiger partial charge in [-0.3, -0.25) is 0 Å². The molecule has 0 aliphatic heterocycles.